The standard InChI is InChI=1S/C20H17N5O4S/c1-2-23-11-13(10-21-23)12-24-19(26)17(22-20(24)30)9-16-7-8-18(29-16)14-3-5-15(6-4-14)25(27)28/h3-11H,2,12H2,1H3,(H,22,30)/b17-9+. The number of nitro groups is 1. The van der Waals surface area contributed by atoms with Crippen molar-refractivity contribution in [2.24, 2.45) is 0 Å². The van der Waals surface area contributed by atoms with Gasteiger partial charge in [-0.25, -0.2) is 0 Å². The molecule has 30 heavy (non-hydrogen) atoms. The molecule has 0 aliphatic carbocycles. The lowest BCUT2D eigenvalue weighted by Gasteiger charge is -2.12. The molecule has 9 nitrogen and oxygen atoms in total. The second-order valence-corrected chi connectivity index (χ2v) is 6.98. The van der Waals surface area contributed by atoms with Gasteiger partial charge < -0.3 is 9.73 Å². The van der Waals surface area contributed by atoms with E-state index >= 15 is 0 Å². The quantitative estimate of drug-likeness (QED) is 0.280. The van der Waals surface area contributed by atoms with Crippen LogP contribution < -0.4 is 5.32 Å². The van der Waals surface area contributed by atoms with Gasteiger partial charge in [-0.2, -0.15) is 5.10 Å². The second kappa shape index (κ2) is 7.91. The minimum Gasteiger partial charge on any atom is -0.457 e. The Balaban J connectivity index is 1.50. The summed E-state index contributed by atoms with van der Waals surface area (Å²) in [7, 11) is 0. The minimum atomic E-state index is -0.457. The predicted octanol–water partition coefficient (Wildman–Crippen LogP) is 3.33. The molecule has 1 aliphatic heterocycles. The van der Waals surface area contributed by atoms with E-state index in [1.807, 2.05) is 13.1 Å². The van der Waals surface area contributed by atoms with Gasteiger partial charge in [-0.15, -0.1) is 0 Å². The Morgan fingerprint density at radius 3 is 2.70 bits per heavy atom. The van der Waals surface area contributed by atoms with Gasteiger partial charge >= 0.3 is 0 Å². The number of nitrogens with one attached hydrogen (secondary N) is 1. The summed E-state index contributed by atoms with van der Waals surface area (Å²) in [4.78, 5) is 24.5. The zero-order valence-electron chi connectivity index (χ0n) is 15.9. The highest BCUT2D eigenvalue weighted by atomic mass is 32.1. The van der Waals surface area contributed by atoms with Gasteiger partial charge in [0.1, 0.15) is 17.2 Å². The first-order valence-electron chi connectivity index (χ1n) is 9.15. The third kappa shape index (κ3) is 3.85. The number of aromatic nitrogens is 2. The third-order valence-electron chi connectivity index (χ3n) is 4.59. The van der Waals surface area contributed by atoms with Gasteiger partial charge in [0, 0.05) is 42.1 Å². The summed E-state index contributed by atoms with van der Waals surface area (Å²) in [5, 5.41) is 18.2. The number of nitrogens with zero attached hydrogens (tertiary/aromatic N) is 4. The van der Waals surface area contributed by atoms with Crippen molar-refractivity contribution < 1.29 is 14.1 Å². The number of non-ortho nitro benzene ring substituents is 1. The van der Waals surface area contributed by atoms with Crippen molar-refractivity contribution in [3.8, 4) is 11.3 Å². The number of aryl methyl sites for hydroxylation is 1. The molecule has 2 aromatic heterocycles. The predicted molar refractivity (Wildman–Crippen MR) is 113 cm³/mol. The highest BCUT2D eigenvalue weighted by molar-refractivity contribution is 7.80. The summed E-state index contributed by atoms with van der Waals surface area (Å²) < 4.78 is 7.56. The lowest BCUT2D eigenvalue weighted by Crippen LogP contribution is -2.29. The van der Waals surface area contributed by atoms with Gasteiger partial charge in [-0.05, 0) is 43.4 Å². The van der Waals surface area contributed by atoms with Crippen LogP contribution in [0.15, 0.2) is 58.9 Å². The van der Waals surface area contributed by atoms with E-state index in [0.29, 0.717) is 34.4 Å². The monoisotopic (exact) mass is 423 g/mol. The van der Waals surface area contributed by atoms with E-state index in [1.165, 1.54) is 17.0 Å². The van der Waals surface area contributed by atoms with Crippen molar-refractivity contribution in [2.45, 2.75) is 20.0 Å². The van der Waals surface area contributed by atoms with E-state index in [4.69, 9.17) is 16.6 Å². The Hall–Kier alpha value is -3.79. The summed E-state index contributed by atoms with van der Waals surface area (Å²) in [6.07, 6.45) is 5.17. The smallest absolute Gasteiger partial charge is 0.276 e. The van der Waals surface area contributed by atoms with Crippen LogP contribution >= 0.6 is 12.2 Å². The molecule has 4 rings (SSSR count). The normalized spacial score (nSPS) is 15.1. The van der Waals surface area contributed by atoms with Gasteiger partial charge in [0.05, 0.1) is 17.7 Å². The molecule has 1 aliphatic rings. The summed E-state index contributed by atoms with van der Waals surface area (Å²) >= 11 is 5.30. The van der Waals surface area contributed by atoms with E-state index in [1.54, 1.807) is 41.2 Å². The molecular weight excluding hydrogens is 406 g/mol. The van der Waals surface area contributed by atoms with E-state index < -0.39 is 4.92 Å². The summed E-state index contributed by atoms with van der Waals surface area (Å²) in [6, 6.07) is 9.50. The van der Waals surface area contributed by atoms with Gasteiger partial charge in [0.15, 0.2) is 5.11 Å². The van der Waals surface area contributed by atoms with Gasteiger partial charge in [-0.3, -0.25) is 24.5 Å². The van der Waals surface area contributed by atoms with Crippen molar-refractivity contribution in [1.29, 1.82) is 0 Å². The van der Waals surface area contributed by atoms with Crippen molar-refractivity contribution in [1.82, 2.24) is 20.0 Å². The molecule has 1 N–H and O–H groups in total. The van der Waals surface area contributed by atoms with E-state index in [-0.39, 0.29) is 11.6 Å². The molecule has 1 fully saturated rings. The maximum absolute atomic E-state index is 12.8. The number of furan rings is 1. The summed E-state index contributed by atoms with van der Waals surface area (Å²) in [6.45, 7) is 3.06. The number of hydrogen-bond donors (Lipinski definition) is 1. The lowest BCUT2D eigenvalue weighted by molar-refractivity contribution is -0.384. The first-order chi connectivity index (χ1) is 14.4. The molecular formula is C20H17N5O4S. The molecule has 3 aromatic rings. The SMILES string of the molecule is CCn1cc(CN2C(=O)/C(=C\c3ccc(-c4ccc([N+](=O)[O-])cc4)o3)NC2=S)cn1. The van der Waals surface area contributed by atoms with Crippen LogP contribution in [0, 0.1) is 10.1 Å². The third-order valence-corrected chi connectivity index (χ3v) is 4.91. The lowest BCUT2D eigenvalue weighted by atomic mass is 10.1. The Labute approximate surface area is 176 Å². The minimum absolute atomic E-state index is 0.00600. The van der Waals surface area contributed by atoms with Crippen LogP contribution in [0.3, 0.4) is 0 Å². The maximum atomic E-state index is 12.8. The van der Waals surface area contributed by atoms with Crippen LogP contribution in [0.5, 0.6) is 0 Å². The first-order valence-corrected chi connectivity index (χ1v) is 9.56. The zero-order valence-corrected chi connectivity index (χ0v) is 16.8. The zero-order chi connectivity index (χ0) is 21.3. The van der Waals surface area contributed by atoms with Gasteiger partial charge in [0.25, 0.3) is 11.6 Å². The molecule has 3 heterocycles. The van der Waals surface area contributed by atoms with E-state index in [0.717, 1.165) is 12.1 Å². The van der Waals surface area contributed by atoms with Crippen molar-refractivity contribution in [3.05, 3.63) is 75.9 Å². The fourth-order valence-corrected chi connectivity index (χ4v) is 3.29. The summed E-state index contributed by atoms with van der Waals surface area (Å²) in [5.41, 5.74) is 1.90. The molecule has 10 heteroatoms. The van der Waals surface area contributed by atoms with Gasteiger partial charge in [-0.1, -0.05) is 0 Å². The molecule has 0 spiro atoms. The highest BCUT2D eigenvalue weighted by Gasteiger charge is 2.31. The Morgan fingerprint density at radius 2 is 2.03 bits per heavy atom. The van der Waals surface area contributed by atoms with Gasteiger partial charge in [0.2, 0.25) is 0 Å². The van der Waals surface area contributed by atoms with Crippen molar-refractivity contribution in [3.63, 3.8) is 0 Å². The molecule has 0 atom stereocenters. The number of carbonyl (C=O) groups excluding carboxylic acids is 1. The molecule has 0 bridgehead atoms. The molecule has 1 aromatic carbocycles. The van der Waals surface area contributed by atoms with Crippen LogP contribution in [-0.4, -0.2) is 30.6 Å². The van der Waals surface area contributed by atoms with Crippen molar-refractivity contribution >= 4 is 35.0 Å². The van der Waals surface area contributed by atoms with Crippen LogP contribution in [-0.2, 0) is 17.9 Å². The van der Waals surface area contributed by atoms with Crippen LogP contribution in [0.4, 0.5) is 5.69 Å². The number of benzene rings is 1. The topological polar surface area (TPSA) is 106 Å². The molecule has 0 unspecified atom stereocenters. The highest BCUT2D eigenvalue weighted by Crippen LogP contribution is 2.26. The molecule has 152 valence electrons. The number of nitro benzene ring substituents is 1. The first kappa shape index (κ1) is 19.5. The van der Waals surface area contributed by atoms with Crippen LogP contribution in [0.25, 0.3) is 17.4 Å². The van der Waals surface area contributed by atoms with Crippen LogP contribution in [0.2, 0.25) is 0 Å². The largest absolute Gasteiger partial charge is 0.457 e. The number of hydrogen-bond acceptors (Lipinski definition) is 6. The number of carbonyl (C=O) groups is 1. The number of thiocarbonyl (C=S) groups is 1. The molecule has 1 amide bonds. The molecule has 0 radical (unpaired) electrons. The Bertz CT molecular complexity index is 1160. The summed E-state index contributed by atoms with van der Waals surface area (Å²) in [5.74, 6) is 0.744. The van der Waals surface area contributed by atoms with E-state index in [9.17, 15) is 14.9 Å². The molecule has 1 saturated heterocycles. The number of rotatable bonds is 6. The fraction of sp³-hybridized carbons (Fsp3) is 0.150. The Morgan fingerprint density at radius 1 is 1.27 bits per heavy atom. The van der Waals surface area contributed by atoms with E-state index in [2.05, 4.69) is 10.4 Å². The molecule has 0 saturated carbocycles. The van der Waals surface area contributed by atoms with Crippen LogP contribution in [0.1, 0.15) is 18.2 Å². The number of amides is 1. The Kier molecular flexibility index (Phi) is 5.15. The average molecular weight is 423 g/mol. The average Bonchev–Trinajstić information content (AvgIpc) is 3.45. The second-order valence-electron chi connectivity index (χ2n) is 6.59. The maximum Gasteiger partial charge on any atom is 0.276 e. The fourth-order valence-electron chi connectivity index (χ4n) is 3.03. The van der Waals surface area contributed by atoms with Crippen molar-refractivity contribution in [2.75, 3.05) is 0 Å².